The van der Waals surface area contributed by atoms with E-state index < -0.39 is 0 Å². The Morgan fingerprint density at radius 3 is 2.85 bits per heavy atom. The van der Waals surface area contributed by atoms with E-state index in [9.17, 15) is 4.79 Å². The number of aromatic nitrogens is 2. The van der Waals surface area contributed by atoms with Crippen LogP contribution in [0.4, 0.5) is 5.82 Å². The summed E-state index contributed by atoms with van der Waals surface area (Å²) >= 11 is 0. The van der Waals surface area contributed by atoms with Crippen LogP contribution >= 0.6 is 0 Å². The molecule has 2 rings (SSSR count). The smallest absolute Gasteiger partial charge is 0.252 e. The second kappa shape index (κ2) is 6.47. The van der Waals surface area contributed by atoms with Crippen molar-refractivity contribution < 1.29 is 9.53 Å². The molecular weight excluding hydrogens is 254 g/mol. The van der Waals surface area contributed by atoms with Crippen LogP contribution in [-0.4, -0.2) is 15.9 Å². The van der Waals surface area contributed by atoms with Crippen LogP contribution < -0.4 is 10.1 Å². The Hall–Kier alpha value is -2.69. The normalized spacial score (nSPS) is 11.0. The summed E-state index contributed by atoms with van der Waals surface area (Å²) in [5.41, 5.74) is 0.630. The number of nitrogens with zero attached hydrogens (tertiary/aromatic N) is 2. The van der Waals surface area contributed by atoms with Crippen molar-refractivity contribution >= 4 is 11.7 Å². The largest absolute Gasteiger partial charge is 0.437 e. The van der Waals surface area contributed by atoms with Crippen molar-refractivity contribution in [3.8, 4) is 11.6 Å². The van der Waals surface area contributed by atoms with E-state index in [-0.39, 0.29) is 5.91 Å². The molecule has 1 amide bonds. The maximum atomic E-state index is 11.7. The molecule has 0 atom stereocenters. The summed E-state index contributed by atoms with van der Waals surface area (Å²) in [6.07, 6.45) is 5.00. The van der Waals surface area contributed by atoms with Gasteiger partial charge in [0.15, 0.2) is 0 Å². The summed E-state index contributed by atoms with van der Waals surface area (Å²) in [5.74, 6) is 1.25. The van der Waals surface area contributed by atoms with Gasteiger partial charge in [0.2, 0.25) is 5.88 Å². The quantitative estimate of drug-likeness (QED) is 0.866. The van der Waals surface area contributed by atoms with Crippen molar-refractivity contribution in [2.45, 2.75) is 13.8 Å². The van der Waals surface area contributed by atoms with Crippen molar-refractivity contribution in [2.24, 2.45) is 0 Å². The monoisotopic (exact) mass is 269 g/mol. The first-order chi connectivity index (χ1) is 9.69. The lowest BCUT2D eigenvalue weighted by Gasteiger charge is -2.07. The van der Waals surface area contributed by atoms with Crippen LogP contribution in [0.2, 0.25) is 0 Å². The Morgan fingerprint density at radius 1 is 1.30 bits per heavy atom. The fraction of sp³-hybridized carbons (Fsp3) is 0.133. The number of rotatable bonds is 4. The molecule has 0 fully saturated rings. The first-order valence-electron chi connectivity index (χ1n) is 6.18. The molecule has 2 aromatic heterocycles. The van der Waals surface area contributed by atoms with E-state index in [2.05, 4.69) is 15.3 Å². The van der Waals surface area contributed by atoms with Gasteiger partial charge in [-0.15, -0.1) is 0 Å². The lowest BCUT2D eigenvalue weighted by molar-refractivity contribution is -0.112. The Kier molecular flexibility index (Phi) is 4.44. The van der Waals surface area contributed by atoms with Gasteiger partial charge in [-0.25, -0.2) is 0 Å². The number of hydrogen-bond acceptors (Lipinski definition) is 4. The van der Waals surface area contributed by atoms with E-state index >= 15 is 0 Å². The Balaban J connectivity index is 2.10. The molecule has 0 bridgehead atoms. The van der Waals surface area contributed by atoms with Crippen LogP contribution in [0.5, 0.6) is 11.6 Å². The summed E-state index contributed by atoms with van der Waals surface area (Å²) < 4.78 is 5.55. The van der Waals surface area contributed by atoms with Gasteiger partial charge in [-0.05, 0) is 32.0 Å². The van der Waals surface area contributed by atoms with Gasteiger partial charge >= 0.3 is 0 Å². The van der Waals surface area contributed by atoms with Gasteiger partial charge in [-0.3, -0.25) is 9.78 Å². The molecule has 0 saturated heterocycles. The van der Waals surface area contributed by atoms with Gasteiger partial charge in [-0.1, -0.05) is 12.1 Å². The maximum Gasteiger partial charge on any atom is 0.252 e. The molecule has 0 spiro atoms. The molecule has 5 heteroatoms. The van der Waals surface area contributed by atoms with Crippen LogP contribution in [0, 0.1) is 0 Å². The number of ether oxygens (including phenoxy) is 1. The third kappa shape index (κ3) is 3.65. The molecule has 2 heterocycles. The number of pyridine rings is 2. The molecule has 0 aliphatic heterocycles. The molecule has 20 heavy (non-hydrogen) atoms. The predicted octanol–water partition coefficient (Wildman–Crippen LogP) is 3.17. The minimum Gasteiger partial charge on any atom is -0.437 e. The lowest BCUT2D eigenvalue weighted by atomic mass is 10.3. The molecule has 0 unspecified atom stereocenters. The number of carbonyl (C=O) groups excluding carboxylic acids is 1. The van der Waals surface area contributed by atoms with Gasteiger partial charge in [-0.2, -0.15) is 4.98 Å². The fourth-order valence-corrected chi connectivity index (χ4v) is 1.42. The topological polar surface area (TPSA) is 64.1 Å². The van der Waals surface area contributed by atoms with E-state index in [1.165, 1.54) is 0 Å². The number of hydrogen-bond donors (Lipinski definition) is 1. The molecular formula is C15H15N3O2. The van der Waals surface area contributed by atoms with Crippen molar-refractivity contribution in [3.63, 3.8) is 0 Å². The molecule has 102 valence electrons. The van der Waals surface area contributed by atoms with Crippen LogP contribution in [-0.2, 0) is 4.79 Å². The molecule has 0 aliphatic carbocycles. The van der Waals surface area contributed by atoms with E-state index in [0.717, 1.165) is 0 Å². The van der Waals surface area contributed by atoms with E-state index in [0.29, 0.717) is 23.0 Å². The number of amides is 1. The summed E-state index contributed by atoms with van der Waals surface area (Å²) in [6.45, 7) is 3.55. The van der Waals surface area contributed by atoms with Gasteiger partial charge in [0.1, 0.15) is 11.6 Å². The second-order valence-electron chi connectivity index (χ2n) is 4.08. The highest BCUT2D eigenvalue weighted by atomic mass is 16.5. The molecule has 0 aromatic carbocycles. The minimum absolute atomic E-state index is 0.182. The molecule has 5 nitrogen and oxygen atoms in total. The summed E-state index contributed by atoms with van der Waals surface area (Å²) in [7, 11) is 0. The van der Waals surface area contributed by atoms with E-state index in [4.69, 9.17) is 4.74 Å². The highest BCUT2D eigenvalue weighted by Crippen LogP contribution is 2.19. The Bertz CT molecular complexity index is 624. The van der Waals surface area contributed by atoms with Crippen molar-refractivity contribution in [2.75, 3.05) is 5.32 Å². The van der Waals surface area contributed by atoms with E-state index in [1.54, 1.807) is 55.7 Å². The predicted molar refractivity (Wildman–Crippen MR) is 76.6 cm³/mol. The standard InChI is InChI=1S/C15H15N3O2/c1-3-11(2)15(19)18-13-7-4-8-14(17-13)20-12-6-5-9-16-10-12/h3-10H,1-2H3,(H,17,18,19). The third-order valence-electron chi connectivity index (χ3n) is 2.61. The molecule has 0 saturated carbocycles. The van der Waals surface area contributed by atoms with Crippen LogP contribution in [0.3, 0.4) is 0 Å². The van der Waals surface area contributed by atoms with Crippen molar-refractivity contribution in [3.05, 3.63) is 54.4 Å². The Morgan fingerprint density at radius 2 is 2.15 bits per heavy atom. The van der Waals surface area contributed by atoms with Gasteiger partial charge in [0.05, 0.1) is 6.20 Å². The van der Waals surface area contributed by atoms with Gasteiger partial charge < -0.3 is 10.1 Å². The third-order valence-corrected chi connectivity index (χ3v) is 2.61. The van der Waals surface area contributed by atoms with Gasteiger partial charge in [0.25, 0.3) is 5.91 Å². The Labute approximate surface area is 117 Å². The number of anilines is 1. The SMILES string of the molecule is CC=C(C)C(=O)Nc1cccc(Oc2cccnc2)n1. The average molecular weight is 269 g/mol. The highest BCUT2D eigenvalue weighted by molar-refractivity contribution is 6.02. The first kappa shape index (κ1) is 13.7. The average Bonchev–Trinajstić information content (AvgIpc) is 2.47. The zero-order chi connectivity index (χ0) is 14.4. The summed E-state index contributed by atoms with van der Waals surface area (Å²) in [5, 5.41) is 2.70. The van der Waals surface area contributed by atoms with Gasteiger partial charge in [0, 0.05) is 17.8 Å². The summed E-state index contributed by atoms with van der Waals surface area (Å²) in [4.78, 5) is 19.9. The fourth-order valence-electron chi connectivity index (χ4n) is 1.42. The summed E-state index contributed by atoms with van der Waals surface area (Å²) in [6, 6.07) is 8.74. The van der Waals surface area contributed by atoms with Crippen LogP contribution in [0.25, 0.3) is 0 Å². The maximum absolute atomic E-state index is 11.7. The zero-order valence-corrected chi connectivity index (χ0v) is 11.3. The number of nitrogens with one attached hydrogen (secondary N) is 1. The first-order valence-corrected chi connectivity index (χ1v) is 6.18. The second-order valence-corrected chi connectivity index (χ2v) is 4.08. The molecule has 0 radical (unpaired) electrons. The molecule has 2 aromatic rings. The molecule has 0 aliphatic rings. The number of carbonyl (C=O) groups is 1. The minimum atomic E-state index is -0.182. The van der Waals surface area contributed by atoms with Crippen molar-refractivity contribution in [1.29, 1.82) is 0 Å². The number of allylic oxidation sites excluding steroid dienone is 1. The lowest BCUT2D eigenvalue weighted by Crippen LogP contribution is -2.13. The van der Waals surface area contributed by atoms with Crippen molar-refractivity contribution in [1.82, 2.24) is 9.97 Å². The molecule has 1 N–H and O–H groups in total. The highest BCUT2D eigenvalue weighted by Gasteiger charge is 2.06. The van der Waals surface area contributed by atoms with E-state index in [1.807, 2.05) is 6.92 Å². The zero-order valence-electron chi connectivity index (χ0n) is 11.3. The van der Waals surface area contributed by atoms with Crippen LogP contribution in [0.1, 0.15) is 13.8 Å². The van der Waals surface area contributed by atoms with Crippen LogP contribution in [0.15, 0.2) is 54.4 Å².